The Labute approximate surface area is 105 Å². The third-order valence-corrected chi connectivity index (χ3v) is 2.76. The molecule has 0 saturated carbocycles. The minimum absolute atomic E-state index is 0.506. The number of hydrogen-bond acceptors (Lipinski definition) is 1. The maximum Gasteiger partial charge on any atom is 0.146 e. The third-order valence-electron chi connectivity index (χ3n) is 2.14. The molecule has 0 aliphatic carbocycles. The Kier molecular flexibility index (Phi) is 3.70. The topological polar surface area (TPSA) is 9.23 Å². The summed E-state index contributed by atoms with van der Waals surface area (Å²) in [5.74, 6) is 1.91. The molecule has 2 rings (SSSR count). The van der Waals surface area contributed by atoms with Gasteiger partial charge in [0, 0.05) is 5.88 Å². The zero-order valence-corrected chi connectivity index (χ0v) is 10.0. The highest BCUT2D eigenvalue weighted by molar-refractivity contribution is 6.32. The summed E-state index contributed by atoms with van der Waals surface area (Å²) in [4.78, 5) is 0. The van der Waals surface area contributed by atoms with Crippen LogP contribution in [-0.4, -0.2) is 0 Å². The van der Waals surface area contributed by atoms with E-state index in [1.165, 1.54) is 0 Å². The lowest BCUT2D eigenvalue weighted by molar-refractivity contribution is 0.483. The molecule has 0 aliphatic rings. The molecule has 82 valence electrons. The summed E-state index contributed by atoms with van der Waals surface area (Å²) in [5.41, 5.74) is 1.06. The fourth-order valence-electron chi connectivity index (χ4n) is 1.30. The van der Waals surface area contributed by atoms with Crippen molar-refractivity contribution in [2.75, 3.05) is 0 Å². The van der Waals surface area contributed by atoms with Gasteiger partial charge in [-0.05, 0) is 29.8 Å². The third kappa shape index (κ3) is 2.69. The number of rotatable bonds is 3. The Morgan fingerprint density at radius 2 is 1.62 bits per heavy atom. The molecular formula is C13H10Cl2O. The van der Waals surface area contributed by atoms with Crippen LogP contribution in [0.5, 0.6) is 11.5 Å². The van der Waals surface area contributed by atoms with Crippen molar-refractivity contribution >= 4 is 23.2 Å². The molecule has 0 aliphatic heterocycles. The van der Waals surface area contributed by atoms with Crippen LogP contribution in [0.4, 0.5) is 0 Å². The minimum Gasteiger partial charge on any atom is -0.456 e. The van der Waals surface area contributed by atoms with Gasteiger partial charge in [-0.2, -0.15) is 0 Å². The first-order valence-electron chi connectivity index (χ1n) is 4.87. The van der Waals surface area contributed by atoms with E-state index in [-0.39, 0.29) is 0 Å². The van der Waals surface area contributed by atoms with Gasteiger partial charge in [0.05, 0.1) is 5.02 Å². The van der Waals surface area contributed by atoms with Crippen LogP contribution in [0.15, 0.2) is 48.5 Å². The molecule has 0 amide bonds. The lowest BCUT2D eigenvalue weighted by atomic mass is 10.2. The Morgan fingerprint density at radius 3 is 2.25 bits per heavy atom. The first kappa shape index (κ1) is 11.3. The van der Waals surface area contributed by atoms with Crippen LogP contribution >= 0.6 is 23.2 Å². The Balaban J connectivity index is 2.18. The zero-order chi connectivity index (χ0) is 11.4. The molecule has 0 saturated heterocycles. The second kappa shape index (κ2) is 5.24. The van der Waals surface area contributed by atoms with Gasteiger partial charge in [0.1, 0.15) is 11.5 Å². The van der Waals surface area contributed by atoms with Gasteiger partial charge in [-0.25, -0.2) is 0 Å². The van der Waals surface area contributed by atoms with Gasteiger partial charge >= 0.3 is 0 Å². The SMILES string of the molecule is ClCc1ccc(Oc2ccccc2Cl)cc1. The second-order valence-corrected chi connectivity index (χ2v) is 3.98. The number of benzene rings is 2. The molecule has 2 aromatic carbocycles. The van der Waals surface area contributed by atoms with Crippen LogP contribution in [0.2, 0.25) is 5.02 Å². The average molecular weight is 253 g/mol. The highest BCUT2D eigenvalue weighted by Gasteiger charge is 2.01. The van der Waals surface area contributed by atoms with Gasteiger partial charge in [-0.1, -0.05) is 35.9 Å². The number of alkyl halides is 1. The normalized spacial score (nSPS) is 10.1. The van der Waals surface area contributed by atoms with Crippen LogP contribution in [-0.2, 0) is 5.88 Å². The van der Waals surface area contributed by atoms with Crippen molar-refractivity contribution in [3.05, 3.63) is 59.1 Å². The molecular weight excluding hydrogens is 243 g/mol. The quantitative estimate of drug-likeness (QED) is 0.709. The summed E-state index contributed by atoms with van der Waals surface area (Å²) < 4.78 is 5.63. The van der Waals surface area contributed by atoms with Gasteiger partial charge in [-0.3, -0.25) is 0 Å². The molecule has 0 radical (unpaired) electrons. The summed E-state index contributed by atoms with van der Waals surface area (Å²) in [5, 5.41) is 0.601. The predicted molar refractivity (Wildman–Crippen MR) is 67.5 cm³/mol. The molecule has 0 heterocycles. The smallest absolute Gasteiger partial charge is 0.146 e. The number of halogens is 2. The van der Waals surface area contributed by atoms with E-state index in [4.69, 9.17) is 27.9 Å². The Hall–Kier alpha value is -1.18. The molecule has 0 unspecified atom stereocenters. The van der Waals surface area contributed by atoms with E-state index in [1.807, 2.05) is 42.5 Å². The molecule has 2 aromatic rings. The van der Waals surface area contributed by atoms with Crippen molar-refractivity contribution in [1.82, 2.24) is 0 Å². The van der Waals surface area contributed by atoms with Crippen molar-refractivity contribution in [2.45, 2.75) is 5.88 Å². The average Bonchev–Trinajstić information content (AvgIpc) is 2.33. The van der Waals surface area contributed by atoms with E-state index in [2.05, 4.69) is 0 Å². The largest absolute Gasteiger partial charge is 0.456 e. The molecule has 0 bridgehead atoms. The monoisotopic (exact) mass is 252 g/mol. The van der Waals surface area contributed by atoms with E-state index in [0.717, 1.165) is 11.3 Å². The van der Waals surface area contributed by atoms with E-state index >= 15 is 0 Å². The first-order valence-corrected chi connectivity index (χ1v) is 5.78. The molecule has 0 spiro atoms. The van der Waals surface area contributed by atoms with E-state index in [1.54, 1.807) is 6.07 Å². The van der Waals surface area contributed by atoms with E-state index < -0.39 is 0 Å². The fourth-order valence-corrected chi connectivity index (χ4v) is 1.65. The van der Waals surface area contributed by atoms with Crippen molar-refractivity contribution in [3.63, 3.8) is 0 Å². The Bertz CT molecular complexity index is 466. The van der Waals surface area contributed by atoms with Crippen LogP contribution in [0.25, 0.3) is 0 Å². The van der Waals surface area contributed by atoms with E-state index in [0.29, 0.717) is 16.7 Å². The second-order valence-electron chi connectivity index (χ2n) is 3.31. The van der Waals surface area contributed by atoms with Crippen LogP contribution in [0.1, 0.15) is 5.56 Å². The first-order chi connectivity index (χ1) is 7.79. The molecule has 1 nitrogen and oxygen atoms in total. The van der Waals surface area contributed by atoms with Gasteiger partial charge in [0.25, 0.3) is 0 Å². The molecule has 0 fully saturated rings. The van der Waals surface area contributed by atoms with Crippen molar-refractivity contribution in [2.24, 2.45) is 0 Å². The fraction of sp³-hybridized carbons (Fsp3) is 0.0769. The zero-order valence-electron chi connectivity index (χ0n) is 8.49. The number of ether oxygens (including phenoxy) is 1. The van der Waals surface area contributed by atoms with Crippen LogP contribution in [0.3, 0.4) is 0 Å². The van der Waals surface area contributed by atoms with Gasteiger partial charge in [0.2, 0.25) is 0 Å². The molecule has 16 heavy (non-hydrogen) atoms. The van der Waals surface area contributed by atoms with Crippen LogP contribution < -0.4 is 4.74 Å². The number of hydrogen-bond donors (Lipinski definition) is 0. The molecule has 0 atom stereocenters. The molecule has 0 aromatic heterocycles. The lowest BCUT2D eigenvalue weighted by Gasteiger charge is -2.07. The summed E-state index contributed by atoms with van der Waals surface area (Å²) >= 11 is 11.7. The summed E-state index contributed by atoms with van der Waals surface area (Å²) in [7, 11) is 0. The Morgan fingerprint density at radius 1 is 0.938 bits per heavy atom. The van der Waals surface area contributed by atoms with Crippen molar-refractivity contribution in [1.29, 1.82) is 0 Å². The van der Waals surface area contributed by atoms with Gasteiger partial charge < -0.3 is 4.74 Å². The van der Waals surface area contributed by atoms with Gasteiger partial charge in [0.15, 0.2) is 0 Å². The summed E-state index contributed by atoms with van der Waals surface area (Å²) in [6.07, 6.45) is 0. The van der Waals surface area contributed by atoms with Gasteiger partial charge in [-0.15, -0.1) is 11.6 Å². The minimum atomic E-state index is 0.506. The predicted octanol–water partition coefficient (Wildman–Crippen LogP) is 4.87. The maximum absolute atomic E-state index is 5.99. The standard InChI is InChI=1S/C13H10Cl2O/c14-9-10-5-7-11(8-6-10)16-13-4-2-1-3-12(13)15/h1-8H,9H2. The number of para-hydroxylation sites is 1. The van der Waals surface area contributed by atoms with E-state index in [9.17, 15) is 0 Å². The summed E-state index contributed by atoms with van der Waals surface area (Å²) in [6.45, 7) is 0. The van der Waals surface area contributed by atoms with Crippen LogP contribution in [0, 0.1) is 0 Å². The lowest BCUT2D eigenvalue weighted by Crippen LogP contribution is -1.85. The highest BCUT2D eigenvalue weighted by Crippen LogP contribution is 2.28. The van der Waals surface area contributed by atoms with Crippen molar-refractivity contribution in [3.8, 4) is 11.5 Å². The highest BCUT2D eigenvalue weighted by atomic mass is 35.5. The maximum atomic E-state index is 5.99. The molecule has 0 N–H and O–H groups in total. The summed E-state index contributed by atoms with van der Waals surface area (Å²) in [6, 6.07) is 15.0. The molecule has 3 heteroatoms. The van der Waals surface area contributed by atoms with Crippen molar-refractivity contribution < 1.29 is 4.74 Å².